The maximum absolute atomic E-state index is 10.7. The SMILES string of the molecule is Cc1ccncc1CS(N)(=O)=O. The number of aromatic nitrogens is 1. The second-order valence-electron chi connectivity index (χ2n) is 2.61. The van der Waals surface area contributed by atoms with Crippen LogP contribution in [0.5, 0.6) is 0 Å². The first kappa shape index (κ1) is 9.15. The number of hydrogen-bond acceptors (Lipinski definition) is 3. The van der Waals surface area contributed by atoms with Crippen molar-refractivity contribution in [3.8, 4) is 0 Å². The quantitative estimate of drug-likeness (QED) is 0.716. The normalized spacial score (nSPS) is 11.5. The standard InChI is InChI=1S/C7H10N2O2S/c1-6-2-3-9-4-7(6)5-12(8,10)11/h2-4H,5H2,1H3,(H2,8,10,11). The number of nitrogens with two attached hydrogens (primary N) is 1. The Bertz CT molecular complexity index is 373. The lowest BCUT2D eigenvalue weighted by molar-refractivity contribution is 0.597. The second-order valence-corrected chi connectivity index (χ2v) is 4.22. The van der Waals surface area contributed by atoms with Crippen LogP contribution in [0.2, 0.25) is 0 Å². The van der Waals surface area contributed by atoms with Crippen molar-refractivity contribution in [2.45, 2.75) is 12.7 Å². The monoisotopic (exact) mass is 186 g/mol. The second kappa shape index (κ2) is 3.20. The highest BCUT2D eigenvalue weighted by Gasteiger charge is 2.06. The fourth-order valence-corrected chi connectivity index (χ4v) is 1.60. The topological polar surface area (TPSA) is 73.0 Å². The lowest BCUT2D eigenvalue weighted by Gasteiger charge is -2.01. The molecule has 0 aliphatic carbocycles. The summed E-state index contributed by atoms with van der Waals surface area (Å²) in [4.78, 5) is 3.81. The Labute approximate surface area is 71.5 Å². The molecule has 0 spiro atoms. The maximum atomic E-state index is 10.7. The van der Waals surface area contributed by atoms with Crippen molar-refractivity contribution in [2.75, 3.05) is 0 Å². The molecule has 1 heterocycles. The van der Waals surface area contributed by atoms with Gasteiger partial charge >= 0.3 is 0 Å². The molecule has 66 valence electrons. The number of sulfonamides is 1. The minimum Gasteiger partial charge on any atom is -0.264 e. The van der Waals surface area contributed by atoms with Gasteiger partial charge in [0.2, 0.25) is 10.0 Å². The van der Waals surface area contributed by atoms with E-state index >= 15 is 0 Å². The van der Waals surface area contributed by atoms with Crippen LogP contribution in [-0.4, -0.2) is 13.4 Å². The fraction of sp³-hybridized carbons (Fsp3) is 0.286. The van der Waals surface area contributed by atoms with Crippen LogP contribution >= 0.6 is 0 Å². The van der Waals surface area contributed by atoms with Gasteiger partial charge in [0.05, 0.1) is 5.75 Å². The van der Waals surface area contributed by atoms with Crippen LogP contribution in [0, 0.1) is 6.92 Å². The average molecular weight is 186 g/mol. The fourth-order valence-electron chi connectivity index (χ4n) is 0.865. The van der Waals surface area contributed by atoms with Gasteiger partial charge in [0.25, 0.3) is 0 Å². The predicted octanol–water partition coefficient (Wildman–Crippen LogP) is 0.179. The summed E-state index contributed by atoms with van der Waals surface area (Å²) in [6, 6.07) is 1.75. The van der Waals surface area contributed by atoms with E-state index in [0.29, 0.717) is 5.56 Å². The van der Waals surface area contributed by atoms with Crippen molar-refractivity contribution in [3.63, 3.8) is 0 Å². The lowest BCUT2D eigenvalue weighted by Crippen LogP contribution is -2.15. The van der Waals surface area contributed by atoms with Crippen LogP contribution in [-0.2, 0) is 15.8 Å². The van der Waals surface area contributed by atoms with E-state index in [0.717, 1.165) is 5.56 Å². The minimum absolute atomic E-state index is 0.146. The van der Waals surface area contributed by atoms with E-state index < -0.39 is 10.0 Å². The van der Waals surface area contributed by atoms with Gasteiger partial charge in [-0.1, -0.05) is 0 Å². The van der Waals surface area contributed by atoms with Crippen molar-refractivity contribution in [1.82, 2.24) is 4.98 Å². The van der Waals surface area contributed by atoms with Crippen LogP contribution in [0.1, 0.15) is 11.1 Å². The average Bonchev–Trinajstić information content (AvgIpc) is 1.91. The molecule has 0 saturated carbocycles. The highest BCUT2D eigenvalue weighted by Crippen LogP contribution is 2.07. The van der Waals surface area contributed by atoms with E-state index in [1.807, 2.05) is 6.92 Å². The number of nitrogens with zero attached hydrogens (tertiary/aromatic N) is 1. The number of primary sulfonamides is 1. The highest BCUT2D eigenvalue weighted by molar-refractivity contribution is 7.88. The molecule has 0 aliphatic rings. The first-order valence-electron chi connectivity index (χ1n) is 3.39. The smallest absolute Gasteiger partial charge is 0.213 e. The first-order chi connectivity index (χ1) is 5.49. The van der Waals surface area contributed by atoms with Gasteiger partial charge < -0.3 is 0 Å². The van der Waals surface area contributed by atoms with E-state index in [4.69, 9.17) is 5.14 Å². The zero-order chi connectivity index (χ0) is 9.19. The summed E-state index contributed by atoms with van der Waals surface area (Å²) in [5, 5.41) is 4.88. The lowest BCUT2D eigenvalue weighted by atomic mass is 10.2. The Morgan fingerprint density at radius 2 is 2.25 bits per heavy atom. The first-order valence-corrected chi connectivity index (χ1v) is 5.10. The molecule has 5 heteroatoms. The molecule has 0 bridgehead atoms. The van der Waals surface area contributed by atoms with E-state index in [1.165, 1.54) is 6.20 Å². The summed E-state index contributed by atoms with van der Waals surface area (Å²) in [6.45, 7) is 1.82. The van der Waals surface area contributed by atoms with Crippen LogP contribution in [0.15, 0.2) is 18.5 Å². The van der Waals surface area contributed by atoms with E-state index in [9.17, 15) is 8.42 Å². The molecule has 1 aromatic rings. The largest absolute Gasteiger partial charge is 0.264 e. The number of aryl methyl sites for hydroxylation is 1. The molecule has 2 N–H and O–H groups in total. The summed E-state index contributed by atoms with van der Waals surface area (Å²) in [7, 11) is -3.44. The molecule has 0 aliphatic heterocycles. The van der Waals surface area contributed by atoms with Gasteiger partial charge in [-0.3, -0.25) is 4.98 Å². The van der Waals surface area contributed by atoms with Crippen molar-refractivity contribution in [3.05, 3.63) is 29.6 Å². The molecule has 4 nitrogen and oxygen atoms in total. The Morgan fingerprint density at radius 3 is 2.75 bits per heavy atom. The molecular weight excluding hydrogens is 176 g/mol. The highest BCUT2D eigenvalue weighted by atomic mass is 32.2. The summed E-state index contributed by atoms with van der Waals surface area (Å²) in [5.41, 5.74) is 1.54. The Morgan fingerprint density at radius 1 is 1.58 bits per heavy atom. The molecule has 12 heavy (non-hydrogen) atoms. The van der Waals surface area contributed by atoms with E-state index in [-0.39, 0.29) is 5.75 Å². The van der Waals surface area contributed by atoms with Crippen LogP contribution in [0.3, 0.4) is 0 Å². The maximum Gasteiger partial charge on any atom is 0.213 e. The van der Waals surface area contributed by atoms with E-state index in [1.54, 1.807) is 12.3 Å². The molecule has 0 aromatic carbocycles. The Kier molecular flexibility index (Phi) is 2.44. The third kappa shape index (κ3) is 2.60. The number of rotatable bonds is 2. The Balaban J connectivity index is 2.98. The van der Waals surface area contributed by atoms with Gasteiger partial charge in [-0.05, 0) is 24.1 Å². The zero-order valence-corrected chi connectivity index (χ0v) is 7.50. The summed E-state index contributed by atoms with van der Waals surface area (Å²) in [6.07, 6.45) is 3.13. The van der Waals surface area contributed by atoms with Crippen molar-refractivity contribution >= 4 is 10.0 Å². The van der Waals surface area contributed by atoms with Gasteiger partial charge in [0.1, 0.15) is 0 Å². The Hall–Kier alpha value is -0.940. The molecular formula is C7H10N2O2S. The van der Waals surface area contributed by atoms with Gasteiger partial charge in [-0.15, -0.1) is 0 Å². The molecule has 0 amide bonds. The zero-order valence-electron chi connectivity index (χ0n) is 6.69. The van der Waals surface area contributed by atoms with Crippen LogP contribution in [0.4, 0.5) is 0 Å². The summed E-state index contributed by atoms with van der Waals surface area (Å²) < 4.78 is 21.4. The molecule has 1 aromatic heterocycles. The van der Waals surface area contributed by atoms with Crippen LogP contribution in [0.25, 0.3) is 0 Å². The van der Waals surface area contributed by atoms with Crippen molar-refractivity contribution < 1.29 is 8.42 Å². The van der Waals surface area contributed by atoms with E-state index in [2.05, 4.69) is 4.98 Å². The molecule has 0 unspecified atom stereocenters. The van der Waals surface area contributed by atoms with Crippen molar-refractivity contribution in [2.24, 2.45) is 5.14 Å². The van der Waals surface area contributed by atoms with Gasteiger partial charge in [-0.2, -0.15) is 0 Å². The third-order valence-electron chi connectivity index (χ3n) is 1.50. The van der Waals surface area contributed by atoms with Gasteiger partial charge in [0.15, 0.2) is 0 Å². The summed E-state index contributed by atoms with van der Waals surface area (Å²) >= 11 is 0. The molecule has 0 saturated heterocycles. The van der Waals surface area contributed by atoms with Gasteiger partial charge in [-0.25, -0.2) is 13.6 Å². The number of pyridine rings is 1. The third-order valence-corrected chi connectivity index (χ3v) is 2.22. The molecule has 0 atom stereocenters. The number of hydrogen-bond donors (Lipinski definition) is 1. The molecule has 0 fully saturated rings. The van der Waals surface area contributed by atoms with Crippen molar-refractivity contribution in [1.29, 1.82) is 0 Å². The molecule has 0 radical (unpaired) electrons. The predicted molar refractivity (Wildman–Crippen MR) is 45.8 cm³/mol. The minimum atomic E-state index is -3.44. The summed E-state index contributed by atoms with van der Waals surface area (Å²) in [5.74, 6) is -0.146. The molecule has 1 rings (SSSR count). The van der Waals surface area contributed by atoms with Crippen LogP contribution < -0.4 is 5.14 Å². The van der Waals surface area contributed by atoms with Gasteiger partial charge in [0, 0.05) is 12.4 Å².